The van der Waals surface area contributed by atoms with Crippen molar-refractivity contribution < 1.29 is 13.9 Å². The number of unbranched alkanes of at least 4 members (excludes halogenated alkanes) is 2. The topological polar surface area (TPSA) is 76.7 Å². The number of nitrogens with two attached hydrogens (primary N) is 1. The smallest absolute Gasteiger partial charge is 0.253 e. The van der Waals surface area contributed by atoms with Crippen molar-refractivity contribution >= 4 is 12.1 Å². The summed E-state index contributed by atoms with van der Waals surface area (Å²) in [5, 5.41) is 2.78. The largest absolute Gasteiger partial charge is 0.493 e. The summed E-state index contributed by atoms with van der Waals surface area (Å²) in [6, 6.07) is 0. The summed E-state index contributed by atoms with van der Waals surface area (Å²) in [5.74, 6) is 0.413. The van der Waals surface area contributed by atoms with Crippen LogP contribution < -0.4 is 11.1 Å². The molecule has 33 heavy (non-hydrogen) atoms. The number of rotatable bonds is 12. The first kappa shape index (κ1) is 30.1. The fraction of sp³-hybridized carbons (Fsp3) is 0.481. The number of ether oxygens (including phenoxy) is 1. The lowest BCUT2D eigenvalue weighted by atomic mass is 9.94. The average molecular weight is 458 g/mol. The Morgan fingerprint density at radius 3 is 2.70 bits per heavy atom. The number of amides is 1. The lowest BCUT2D eigenvalue weighted by Gasteiger charge is -2.22. The van der Waals surface area contributed by atoms with Gasteiger partial charge in [0, 0.05) is 19.2 Å². The molecule has 0 saturated carbocycles. The predicted molar refractivity (Wildman–Crippen MR) is 137 cm³/mol. The summed E-state index contributed by atoms with van der Waals surface area (Å²) in [5.41, 5.74) is 6.76. The van der Waals surface area contributed by atoms with Gasteiger partial charge in [0.1, 0.15) is 11.4 Å². The number of allylic oxidation sites excluding steroid dienone is 5. The van der Waals surface area contributed by atoms with Gasteiger partial charge >= 0.3 is 0 Å². The minimum Gasteiger partial charge on any atom is -0.493 e. The maximum atomic E-state index is 13.1. The highest BCUT2D eigenvalue weighted by Gasteiger charge is 2.19. The van der Waals surface area contributed by atoms with E-state index in [1.807, 2.05) is 39.1 Å². The maximum absolute atomic E-state index is 13.1. The third kappa shape index (κ3) is 14.0. The third-order valence-corrected chi connectivity index (χ3v) is 4.49. The second kappa shape index (κ2) is 16.7. The van der Waals surface area contributed by atoms with Crippen LogP contribution in [0.15, 0.2) is 64.8 Å². The van der Waals surface area contributed by atoms with E-state index in [0.717, 1.165) is 31.4 Å². The van der Waals surface area contributed by atoms with E-state index in [2.05, 4.69) is 29.7 Å². The van der Waals surface area contributed by atoms with Crippen LogP contribution in [0.5, 0.6) is 0 Å². The normalized spacial score (nSPS) is 16.6. The molecular weight excluding hydrogens is 417 g/mol. The Bertz CT molecular complexity index is 796. The Balaban J connectivity index is 0.00000497. The zero-order valence-electron chi connectivity index (χ0n) is 20.6. The average Bonchev–Trinajstić information content (AvgIpc) is 2.78. The molecule has 182 valence electrons. The van der Waals surface area contributed by atoms with Crippen LogP contribution in [0.1, 0.15) is 59.8 Å². The van der Waals surface area contributed by atoms with Crippen molar-refractivity contribution in [3.05, 3.63) is 59.8 Å². The van der Waals surface area contributed by atoms with Crippen LogP contribution in [0.2, 0.25) is 0 Å². The summed E-state index contributed by atoms with van der Waals surface area (Å²) in [4.78, 5) is 17.1. The molecule has 1 aliphatic rings. The van der Waals surface area contributed by atoms with Crippen LogP contribution in [0.4, 0.5) is 4.39 Å². The first-order chi connectivity index (χ1) is 15.7. The molecule has 0 radical (unpaired) electrons. The van der Waals surface area contributed by atoms with Gasteiger partial charge in [0.2, 0.25) is 0 Å². The zero-order chi connectivity index (χ0) is 25.3. The van der Waals surface area contributed by atoms with Crippen molar-refractivity contribution in [1.29, 1.82) is 0 Å². The molecule has 0 aromatic heterocycles. The lowest BCUT2D eigenvalue weighted by Crippen LogP contribution is -2.27. The molecule has 5 nitrogen and oxygen atoms in total. The van der Waals surface area contributed by atoms with Gasteiger partial charge in [-0.05, 0) is 71.9 Å². The number of carbonyl (C=O) groups is 1. The van der Waals surface area contributed by atoms with E-state index in [1.165, 1.54) is 12.2 Å². The fourth-order valence-electron chi connectivity index (χ4n) is 2.96. The number of terminal acetylenes is 1. The Labute approximate surface area is 199 Å². The lowest BCUT2D eigenvalue weighted by molar-refractivity contribution is -0.117. The molecule has 1 rings (SSSR count). The SMILES string of the molecule is C#C.C=C(CCCCC=NC1=CC(CN)CC=C1C(=O)NC/C=C\C(F)=C/C)OC(C)(C)C. The first-order valence-electron chi connectivity index (χ1n) is 11.3. The van der Waals surface area contributed by atoms with E-state index >= 15 is 0 Å². The molecule has 0 saturated heterocycles. The summed E-state index contributed by atoms with van der Waals surface area (Å²) in [7, 11) is 0. The van der Waals surface area contributed by atoms with E-state index in [0.29, 0.717) is 24.2 Å². The number of halogens is 1. The number of nitrogens with one attached hydrogen (secondary N) is 1. The molecule has 0 aromatic rings. The van der Waals surface area contributed by atoms with Crippen molar-refractivity contribution in [2.45, 2.75) is 65.4 Å². The molecule has 1 amide bonds. The van der Waals surface area contributed by atoms with E-state index in [4.69, 9.17) is 10.5 Å². The quantitative estimate of drug-likeness (QED) is 0.133. The standard InChI is InChI=1S/C25H38FN3O2.C2H2/c1-6-21(26)12-10-16-29-24(30)22-14-13-20(18-27)17-23(22)28-15-9-7-8-11-19(2)31-25(3,4)5;1-2/h6,10,12,14-15,17,20H,2,7-9,11,13,16,18,27H2,1,3-5H3,(H,29,30);1-2H/b12-10-,21-6+,28-15?;. The molecule has 1 atom stereocenters. The highest BCUT2D eigenvalue weighted by molar-refractivity contribution is 5.98. The van der Waals surface area contributed by atoms with Crippen LogP contribution in [0.3, 0.4) is 0 Å². The maximum Gasteiger partial charge on any atom is 0.253 e. The molecule has 0 heterocycles. The second-order valence-electron chi connectivity index (χ2n) is 8.50. The van der Waals surface area contributed by atoms with Crippen LogP contribution in [0.25, 0.3) is 0 Å². The number of hydrogen-bond acceptors (Lipinski definition) is 4. The van der Waals surface area contributed by atoms with Gasteiger partial charge in [-0.3, -0.25) is 9.79 Å². The fourth-order valence-corrected chi connectivity index (χ4v) is 2.96. The first-order valence-corrected chi connectivity index (χ1v) is 11.3. The van der Waals surface area contributed by atoms with Gasteiger partial charge in [0.05, 0.1) is 17.0 Å². The van der Waals surface area contributed by atoms with Gasteiger partial charge in [0.15, 0.2) is 0 Å². The van der Waals surface area contributed by atoms with Crippen LogP contribution >= 0.6 is 0 Å². The van der Waals surface area contributed by atoms with Crippen molar-refractivity contribution in [2.75, 3.05) is 13.1 Å². The highest BCUT2D eigenvalue weighted by atomic mass is 19.1. The van der Waals surface area contributed by atoms with Crippen molar-refractivity contribution in [3.63, 3.8) is 0 Å². The highest BCUT2D eigenvalue weighted by Crippen LogP contribution is 2.24. The number of nitrogens with zero attached hydrogens (tertiary/aromatic N) is 1. The Hall–Kier alpha value is -2.91. The summed E-state index contributed by atoms with van der Waals surface area (Å²) in [6.07, 6.45) is 22.2. The summed E-state index contributed by atoms with van der Waals surface area (Å²) in [6.45, 7) is 12.4. The monoisotopic (exact) mass is 457 g/mol. The van der Waals surface area contributed by atoms with E-state index in [9.17, 15) is 9.18 Å². The van der Waals surface area contributed by atoms with Gasteiger partial charge in [-0.25, -0.2) is 4.39 Å². The molecule has 3 N–H and O–H groups in total. The van der Waals surface area contributed by atoms with Crippen LogP contribution in [-0.4, -0.2) is 30.8 Å². The summed E-state index contributed by atoms with van der Waals surface area (Å²) >= 11 is 0. The molecule has 6 heteroatoms. The van der Waals surface area contributed by atoms with Crippen molar-refractivity contribution in [1.82, 2.24) is 5.32 Å². The van der Waals surface area contributed by atoms with Gasteiger partial charge in [0.25, 0.3) is 5.91 Å². The van der Waals surface area contributed by atoms with E-state index in [-0.39, 0.29) is 29.8 Å². The molecule has 0 aliphatic heterocycles. The minimum atomic E-state index is -0.337. The van der Waals surface area contributed by atoms with E-state index in [1.54, 1.807) is 13.0 Å². The summed E-state index contributed by atoms with van der Waals surface area (Å²) < 4.78 is 18.8. The van der Waals surface area contributed by atoms with Crippen molar-refractivity contribution in [3.8, 4) is 12.8 Å². The number of hydrogen-bond donors (Lipinski definition) is 2. The van der Waals surface area contributed by atoms with Crippen LogP contribution in [-0.2, 0) is 9.53 Å². The Morgan fingerprint density at radius 1 is 1.39 bits per heavy atom. The minimum absolute atomic E-state index is 0.172. The molecule has 0 spiro atoms. The Morgan fingerprint density at radius 2 is 2.09 bits per heavy atom. The van der Waals surface area contributed by atoms with Gasteiger partial charge in [-0.15, -0.1) is 12.8 Å². The number of aliphatic imine (C=N–C) groups is 1. The molecule has 0 fully saturated rings. The molecule has 0 aromatic carbocycles. The number of carbonyl (C=O) groups excluding carboxylic acids is 1. The van der Waals surface area contributed by atoms with Crippen molar-refractivity contribution in [2.24, 2.45) is 16.6 Å². The van der Waals surface area contributed by atoms with Gasteiger partial charge < -0.3 is 15.8 Å². The Kier molecular flexibility index (Phi) is 15.2. The van der Waals surface area contributed by atoms with Crippen LogP contribution in [0, 0.1) is 18.8 Å². The van der Waals surface area contributed by atoms with E-state index < -0.39 is 0 Å². The molecular formula is C27H40FN3O2. The van der Waals surface area contributed by atoms with Gasteiger partial charge in [-0.2, -0.15) is 0 Å². The molecule has 1 unspecified atom stereocenters. The zero-order valence-corrected chi connectivity index (χ0v) is 20.6. The second-order valence-corrected chi connectivity index (χ2v) is 8.50. The molecule has 0 bridgehead atoms. The van der Waals surface area contributed by atoms with Gasteiger partial charge in [-0.1, -0.05) is 30.9 Å². The molecule has 1 aliphatic carbocycles. The third-order valence-electron chi connectivity index (χ3n) is 4.49. The predicted octanol–water partition coefficient (Wildman–Crippen LogP) is 5.53.